The lowest BCUT2D eigenvalue weighted by Crippen LogP contribution is -1.99. The van der Waals surface area contributed by atoms with Crippen LogP contribution in [-0.2, 0) is 6.61 Å². The molecule has 3 aromatic rings. The third-order valence-electron chi connectivity index (χ3n) is 3.38. The van der Waals surface area contributed by atoms with Crippen LogP contribution in [0.1, 0.15) is 5.69 Å². The third-order valence-corrected chi connectivity index (χ3v) is 4.80. The lowest BCUT2D eigenvalue weighted by atomic mass is 10.2. The number of ether oxygens (including phenoxy) is 2. The minimum absolute atomic E-state index is 0.0633. The van der Waals surface area contributed by atoms with Crippen molar-refractivity contribution in [2.75, 3.05) is 7.11 Å². The summed E-state index contributed by atoms with van der Waals surface area (Å²) in [5, 5.41) is 13.7. The molecule has 25 heavy (non-hydrogen) atoms. The highest BCUT2D eigenvalue weighted by Gasteiger charge is 2.15. The fraction of sp³-hybridized carbons (Fsp3) is 0.118. The maximum absolute atomic E-state index is 11.0. The van der Waals surface area contributed by atoms with Gasteiger partial charge in [0, 0.05) is 15.9 Å². The van der Waals surface area contributed by atoms with Gasteiger partial charge in [-0.2, -0.15) is 0 Å². The Kier molecular flexibility index (Phi) is 5.30. The second kappa shape index (κ2) is 7.62. The molecule has 0 aliphatic carbocycles. The van der Waals surface area contributed by atoms with E-state index in [4.69, 9.17) is 9.47 Å². The first-order valence-corrected chi connectivity index (χ1v) is 8.90. The van der Waals surface area contributed by atoms with Crippen molar-refractivity contribution in [2.24, 2.45) is 0 Å². The van der Waals surface area contributed by atoms with Gasteiger partial charge in [0.1, 0.15) is 17.4 Å². The van der Waals surface area contributed by atoms with E-state index in [2.05, 4.69) is 20.9 Å². The highest BCUT2D eigenvalue weighted by molar-refractivity contribution is 9.10. The first kappa shape index (κ1) is 17.4. The maximum Gasteiger partial charge on any atom is 0.310 e. The van der Waals surface area contributed by atoms with Crippen LogP contribution in [0, 0.1) is 10.1 Å². The average Bonchev–Trinajstić information content (AvgIpc) is 3.09. The number of aromatic nitrogens is 1. The summed E-state index contributed by atoms with van der Waals surface area (Å²) in [4.78, 5) is 15.1. The molecular weight excluding hydrogens is 408 g/mol. The molecule has 0 bridgehead atoms. The van der Waals surface area contributed by atoms with E-state index in [1.807, 2.05) is 23.6 Å². The minimum atomic E-state index is -0.464. The Morgan fingerprint density at radius 3 is 2.80 bits per heavy atom. The number of nitrogens with zero attached hydrogens (tertiary/aromatic N) is 2. The fourth-order valence-corrected chi connectivity index (χ4v) is 3.41. The van der Waals surface area contributed by atoms with Crippen LogP contribution in [0.4, 0.5) is 5.69 Å². The Balaban J connectivity index is 1.79. The van der Waals surface area contributed by atoms with Crippen molar-refractivity contribution in [3.8, 4) is 22.1 Å². The Labute approximate surface area is 156 Å². The van der Waals surface area contributed by atoms with Crippen molar-refractivity contribution in [1.29, 1.82) is 0 Å². The third kappa shape index (κ3) is 3.97. The van der Waals surface area contributed by atoms with Crippen molar-refractivity contribution in [1.82, 2.24) is 4.98 Å². The molecule has 6 nitrogen and oxygen atoms in total. The zero-order valence-corrected chi connectivity index (χ0v) is 15.5. The number of nitro benzene ring substituents is 1. The molecule has 0 saturated carbocycles. The second-order valence-electron chi connectivity index (χ2n) is 5.00. The molecule has 0 N–H and O–H groups in total. The summed E-state index contributed by atoms with van der Waals surface area (Å²) in [5.74, 6) is 0.950. The maximum atomic E-state index is 11.0. The standard InChI is InChI=1S/C17H13BrN2O4S/c1-23-15-7-6-11(18)8-13(15)17-19-12(10-25-17)9-24-16-5-3-2-4-14(16)20(21)22/h2-8,10H,9H2,1H3. The molecule has 2 aromatic carbocycles. The highest BCUT2D eigenvalue weighted by Crippen LogP contribution is 2.35. The number of hydrogen-bond donors (Lipinski definition) is 0. The van der Waals surface area contributed by atoms with E-state index in [1.54, 1.807) is 25.3 Å². The monoisotopic (exact) mass is 420 g/mol. The molecule has 1 aromatic heterocycles. The van der Waals surface area contributed by atoms with Crippen LogP contribution in [0.2, 0.25) is 0 Å². The molecule has 0 saturated heterocycles. The van der Waals surface area contributed by atoms with Crippen molar-refractivity contribution < 1.29 is 14.4 Å². The molecule has 0 amide bonds. The number of hydrogen-bond acceptors (Lipinski definition) is 6. The number of benzene rings is 2. The van der Waals surface area contributed by atoms with Crippen LogP contribution in [0.15, 0.2) is 52.3 Å². The molecule has 0 unspecified atom stereocenters. The Bertz CT molecular complexity index is 913. The molecular formula is C17H13BrN2O4S. The van der Waals surface area contributed by atoms with Crippen LogP contribution < -0.4 is 9.47 Å². The molecule has 128 valence electrons. The molecule has 0 aliphatic heterocycles. The van der Waals surface area contributed by atoms with Gasteiger partial charge in [-0.05, 0) is 24.3 Å². The summed E-state index contributed by atoms with van der Waals surface area (Å²) in [6.45, 7) is 0.150. The van der Waals surface area contributed by atoms with Gasteiger partial charge in [0.05, 0.1) is 23.3 Å². The van der Waals surface area contributed by atoms with Crippen molar-refractivity contribution in [2.45, 2.75) is 6.61 Å². The number of halogens is 1. The number of thiazole rings is 1. The van der Waals surface area contributed by atoms with Crippen LogP contribution in [0.5, 0.6) is 11.5 Å². The minimum Gasteiger partial charge on any atom is -0.496 e. The number of rotatable bonds is 6. The van der Waals surface area contributed by atoms with Crippen LogP contribution >= 0.6 is 27.3 Å². The second-order valence-corrected chi connectivity index (χ2v) is 6.78. The topological polar surface area (TPSA) is 74.5 Å². The van der Waals surface area contributed by atoms with E-state index >= 15 is 0 Å². The zero-order valence-electron chi connectivity index (χ0n) is 13.1. The largest absolute Gasteiger partial charge is 0.496 e. The van der Waals surface area contributed by atoms with Gasteiger partial charge in [-0.1, -0.05) is 28.1 Å². The molecule has 8 heteroatoms. The van der Waals surface area contributed by atoms with Gasteiger partial charge in [0.25, 0.3) is 0 Å². The van der Waals surface area contributed by atoms with Crippen LogP contribution in [0.3, 0.4) is 0 Å². The van der Waals surface area contributed by atoms with E-state index < -0.39 is 4.92 Å². The van der Waals surface area contributed by atoms with Gasteiger partial charge in [-0.3, -0.25) is 10.1 Å². The summed E-state index contributed by atoms with van der Waals surface area (Å²) in [5.41, 5.74) is 1.51. The molecule has 0 radical (unpaired) electrons. The molecule has 0 spiro atoms. The molecule has 0 fully saturated rings. The summed E-state index contributed by atoms with van der Waals surface area (Å²) < 4.78 is 11.9. The zero-order chi connectivity index (χ0) is 17.8. The Morgan fingerprint density at radius 2 is 2.04 bits per heavy atom. The molecule has 1 heterocycles. The predicted octanol–water partition coefficient (Wildman–Crippen LogP) is 5.07. The quantitative estimate of drug-likeness (QED) is 0.411. The van der Waals surface area contributed by atoms with Gasteiger partial charge in [-0.15, -0.1) is 11.3 Å². The normalized spacial score (nSPS) is 10.5. The lowest BCUT2D eigenvalue weighted by Gasteiger charge is -2.06. The Morgan fingerprint density at radius 1 is 1.24 bits per heavy atom. The summed E-state index contributed by atoms with van der Waals surface area (Å²) in [6.07, 6.45) is 0. The van der Waals surface area contributed by atoms with Crippen molar-refractivity contribution >= 4 is 33.0 Å². The predicted molar refractivity (Wildman–Crippen MR) is 99.2 cm³/mol. The SMILES string of the molecule is COc1ccc(Br)cc1-c1nc(COc2ccccc2[N+](=O)[O-])cs1. The highest BCUT2D eigenvalue weighted by atomic mass is 79.9. The summed E-state index contributed by atoms with van der Waals surface area (Å²) in [6, 6.07) is 12.0. The van der Waals surface area contributed by atoms with Gasteiger partial charge < -0.3 is 9.47 Å². The first-order valence-electron chi connectivity index (χ1n) is 7.23. The Hall–Kier alpha value is -2.45. The average molecular weight is 421 g/mol. The summed E-state index contributed by atoms with van der Waals surface area (Å²) in [7, 11) is 1.61. The van der Waals surface area contributed by atoms with Crippen molar-refractivity contribution in [3.05, 3.63) is 68.1 Å². The summed E-state index contributed by atoms with van der Waals surface area (Å²) >= 11 is 4.91. The fourth-order valence-electron chi connectivity index (χ4n) is 2.23. The van der Waals surface area contributed by atoms with E-state index in [1.165, 1.54) is 17.4 Å². The van der Waals surface area contributed by atoms with Gasteiger partial charge in [0.2, 0.25) is 0 Å². The number of para-hydroxylation sites is 2. The van der Waals surface area contributed by atoms with Gasteiger partial charge in [-0.25, -0.2) is 4.98 Å². The number of methoxy groups -OCH3 is 1. The van der Waals surface area contributed by atoms with Gasteiger partial charge >= 0.3 is 5.69 Å². The van der Waals surface area contributed by atoms with E-state index in [0.717, 1.165) is 20.8 Å². The molecule has 0 aliphatic rings. The van der Waals surface area contributed by atoms with Crippen LogP contribution in [0.25, 0.3) is 10.6 Å². The van der Waals surface area contributed by atoms with Crippen molar-refractivity contribution in [3.63, 3.8) is 0 Å². The molecule has 3 rings (SSSR count). The first-order chi connectivity index (χ1) is 12.1. The smallest absolute Gasteiger partial charge is 0.310 e. The van der Waals surface area contributed by atoms with Gasteiger partial charge in [0.15, 0.2) is 5.75 Å². The van der Waals surface area contributed by atoms with E-state index in [9.17, 15) is 10.1 Å². The van der Waals surface area contributed by atoms with Crippen LogP contribution in [-0.4, -0.2) is 17.0 Å². The van der Waals surface area contributed by atoms with E-state index in [-0.39, 0.29) is 18.0 Å². The number of nitro groups is 1. The molecule has 0 atom stereocenters. The van der Waals surface area contributed by atoms with E-state index in [0.29, 0.717) is 5.69 Å². The lowest BCUT2D eigenvalue weighted by molar-refractivity contribution is -0.385.